The largest absolute Gasteiger partial charge is 0.376 e. The number of nitrogens with zero attached hydrogens (tertiary/aromatic N) is 2. The van der Waals surface area contributed by atoms with Crippen molar-refractivity contribution < 1.29 is 19.1 Å². The van der Waals surface area contributed by atoms with Crippen LogP contribution in [-0.2, 0) is 9.47 Å². The highest BCUT2D eigenvalue weighted by atomic mass is 35.5. The molecule has 42 heavy (non-hydrogen) atoms. The number of ether oxygens (including phenoxy) is 2. The summed E-state index contributed by atoms with van der Waals surface area (Å²) in [5.74, 6) is 1.20. The van der Waals surface area contributed by atoms with Crippen LogP contribution in [0.25, 0.3) is 6.08 Å². The molecule has 3 aliphatic heterocycles. The zero-order valence-electron chi connectivity index (χ0n) is 25.3. The summed E-state index contributed by atoms with van der Waals surface area (Å²) in [5.41, 5.74) is 2.60. The molecule has 4 unspecified atom stereocenters. The predicted molar refractivity (Wildman–Crippen MR) is 167 cm³/mol. The van der Waals surface area contributed by atoms with Gasteiger partial charge in [0.2, 0.25) is 0 Å². The lowest BCUT2D eigenvalue weighted by Crippen LogP contribution is -2.38. The first-order chi connectivity index (χ1) is 20.3. The van der Waals surface area contributed by atoms with Gasteiger partial charge in [-0.3, -0.25) is 14.6 Å². The van der Waals surface area contributed by atoms with Crippen molar-refractivity contribution in [3.05, 3.63) is 68.7 Å². The Morgan fingerprint density at radius 3 is 2.50 bits per heavy atom. The number of amides is 1. The number of fused-ring (bicyclic) bond motifs is 1. The molecular weight excluding hydrogens is 548 g/mol. The van der Waals surface area contributed by atoms with Gasteiger partial charge < -0.3 is 14.4 Å². The molecule has 7 heteroatoms. The highest BCUT2D eigenvalue weighted by Crippen LogP contribution is 2.26. The molecule has 0 aliphatic carbocycles. The van der Waals surface area contributed by atoms with Crippen molar-refractivity contribution in [1.82, 2.24) is 4.90 Å². The van der Waals surface area contributed by atoms with Gasteiger partial charge in [-0.15, -0.1) is 0 Å². The lowest BCUT2D eigenvalue weighted by atomic mass is 9.83. The van der Waals surface area contributed by atoms with Crippen LogP contribution in [0.15, 0.2) is 41.4 Å². The van der Waals surface area contributed by atoms with Gasteiger partial charge in [-0.1, -0.05) is 44.4 Å². The SMILES string of the molecule is Cc1c(C(=O)C(C)C(C)CCC2COCCO2)ccc2c1=CC(CCCC1CCN(C(=O)c3ccc(Cl)cc3)CC1)N=2. The molecule has 2 aromatic rings. The van der Waals surface area contributed by atoms with Crippen LogP contribution in [0, 0.1) is 24.7 Å². The van der Waals surface area contributed by atoms with Crippen molar-refractivity contribution in [2.24, 2.45) is 22.7 Å². The van der Waals surface area contributed by atoms with Gasteiger partial charge in [-0.25, -0.2) is 0 Å². The minimum Gasteiger partial charge on any atom is -0.376 e. The van der Waals surface area contributed by atoms with Crippen molar-refractivity contribution in [1.29, 1.82) is 0 Å². The molecule has 3 aliphatic rings. The van der Waals surface area contributed by atoms with E-state index in [1.54, 1.807) is 12.1 Å². The third kappa shape index (κ3) is 7.50. The van der Waals surface area contributed by atoms with Crippen molar-refractivity contribution >= 4 is 29.4 Å². The minimum atomic E-state index is -0.0479. The zero-order valence-corrected chi connectivity index (χ0v) is 26.1. The number of halogens is 1. The maximum absolute atomic E-state index is 13.5. The summed E-state index contributed by atoms with van der Waals surface area (Å²) >= 11 is 5.97. The fourth-order valence-corrected chi connectivity index (χ4v) is 6.71. The lowest BCUT2D eigenvalue weighted by molar-refractivity contribution is -0.0924. The molecule has 0 bridgehead atoms. The Labute approximate surface area is 255 Å². The van der Waals surface area contributed by atoms with Gasteiger partial charge in [0.15, 0.2) is 5.78 Å². The first-order valence-electron chi connectivity index (χ1n) is 15.8. The first kappa shape index (κ1) is 30.9. The summed E-state index contributed by atoms with van der Waals surface area (Å²) < 4.78 is 11.3. The number of hydrogen-bond donors (Lipinski definition) is 0. The second kappa shape index (κ2) is 14.3. The maximum atomic E-state index is 13.5. The molecule has 0 aromatic heterocycles. The van der Waals surface area contributed by atoms with Gasteiger partial charge in [0.1, 0.15) is 0 Å². The third-order valence-corrected chi connectivity index (χ3v) is 9.87. The first-order valence-corrected chi connectivity index (χ1v) is 16.2. The summed E-state index contributed by atoms with van der Waals surface area (Å²) in [5, 5.41) is 2.79. The standard InChI is InChI=1S/C35H45ClN2O4/c1-23(7-12-30-22-41-19-20-42-30)24(2)34(39)31-13-14-33-32(25(31)3)21-29(37-33)6-4-5-26-15-17-38(18-16-26)35(40)27-8-10-28(36)11-9-27/h8-11,13-14,21,23-24,26,29-30H,4-7,12,15-20,22H2,1-3H3. The van der Waals surface area contributed by atoms with E-state index < -0.39 is 0 Å². The van der Waals surface area contributed by atoms with Crippen LogP contribution < -0.4 is 10.6 Å². The number of Topliss-reactive ketones (excluding diaryl/α,β-unsaturated/α-hetero) is 1. The van der Waals surface area contributed by atoms with Crippen molar-refractivity contribution in [2.75, 3.05) is 32.9 Å². The van der Waals surface area contributed by atoms with E-state index in [4.69, 9.17) is 26.1 Å². The van der Waals surface area contributed by atoms with E-state index in [-0.39, 0.29) is 35.7 Å². The van der Waals surface area contributed by atoms with Crippen LogP contribution in [0.4, 0.5) is 0 Å². The summed E-state index contributed by atoms with van der Waals surface area (Å²) in [7, 11) is 0. The van der Waals surface area contributed by atoms with Crippen molar-refractivity contribution in [3.63, 3.8) is 0 Å². The van der Waals surface area contributed by atoms with Gasteiger partial charge in [-0.05, 0) is 92.8 Å². The Balaban J connectivity index is 1.09. The molecule has 3 heterocycles. The van der Waals surface area contributed by atoms with E-state index in [1.165, 1.54) is 0 Å². The van der Waals surface area contributed by atoms with Gasteiger partial charge >= 0.3 is 0 Å². The topological polar surface area (TPSA) is 68.2 Å². The Hall–Kier alpha value is -2.54. The number of ketones is 1. The Kier molecular flexibility index (Phi) is 10.5. The number of carbonyl (C=O) groups is 2. The number of benzene rings is 2. The number of carbonyl (C=O) groups excluding carboxylic acids is 2. The maximum Gasteiger partial charge on any atom is 0.253 e. The van der Waals surface area contributed by atoms with E-state index in [9.17, 15) is 9.59 Å². The molecule has 4 atom stereocenters. The Morgan fingerprint density at radius 1 is 1.02 bits per heavy atom. The van der Waals surface area contributed by atoms with Crippen molar-refractivity contribution in [2.45, 2.75) is 77.9 Å². The Bertz CT molecular complexity index is 1360. The molecule has 5 rings (SSSR count). The molecule has 0 N–H and O–H groups in total. The predicted octanol–water partition coefficient (Wildman–Crippen LogP) is 5.80. The van der Waals surface area contributed by atoms with E-state index in [1.807, 2.05) is 29.2 Å². The lowest BCUT2D eigenvalue weighted by Gasteiger charge is -2.32. The third-order valence-electron chi connectivity index (χ3n) is 9.62. The van der Waals surface area contributed by atoms with E-state index in [0.29, 0.717) is 36.3 Å². The molecular formula is C35H45ClN2O4. The zero-order chi connectivity index (χ0) is 29.6. The summed E-state index contributed by atoms with van der Waals surface area (Å²) in [6.07, 6.45) is 9.68. The quantitative estimate of drug-likeness (QED) is 0.309. The van der Waals surface area contributed by atoms with Crippen LogP contribution in [0.5, 0.6) is 0 Å². The van der Waals surface area contributed by atoms with Crippen LogP contribution >= 0.6 is 11.6 Å². The molecule has 0 spiro atoms. The average molecular weight is 593 g/mol. The number of likely N-dealkylation sites (tertiary alicyclic amines) is 1. The molecule has 2 fully saturated rings. The minimum absolute atomic E-state index is 0.0479. The highest BCUT2D eigenvalue weighted by Gasteiger charge is 2.26. The van der Waals surface area contributed by atoms with Crippen LogP contribution in [0.3, 0.4) is 0 Å². The fraction of sp³-hybridized carbons (Fsp3) is 0.571. The Morgan fingerprint density at radius 2 is 1.79 bits per heavy atom. The van der Waals surface area contributed by atoms with Gasteiger partial charge in [0.05, 0.1) is 37.3 Å². The van der Waals surface area contributed by atoms with Gasteiger partial charge in [-0.2, -0.15) is 0 Å². The molecule has 226 valence electrons. The van der Waals surface area contributed by atoms with Gasteiger partial charge in [0, 0.05) is 40.4 Å². The molecule has 2 aromatic carbocycles. The number of hydrogen-bond acceptors (Lipinski definition) is 5. The van der Waals surface area contributed by atoms with Crippen molar-refractivity contribution in [3.8, 4) is 0 Å². The molecule has 2 saturated heterocycles. The summed E-state index contributed by atoms with van der Waals surface area (Å²) in [6.45, 7) is 9.94. The van der Waals surface area contributed by atoms with E-state index >= 15 is 0 Å². The van der Waals surface area contributed by atoms with Crippen LogP contribution in [0.2, 0.25) is 5.02 Å². The summed E-state index contributed by atoms with van der Waals surface area (Å²) in [4.78, 5) is 33.3. The van der Waals surface area contributed by atoms with E-state index in [0.717, 1.165) is 79.7 Å². The van der Waals surface area contributed by atoms with Gasteiger partial charge in [0.25, 0.3) is 5.91 Å². The monoisotopic (exact) mass is 592 g/mol. The second-order valence-corrected chi connectivity index (χ2v) is 12.9. The molecule has 0 radical (unpaired) electrons. The normalized spacial score (nSPS) is 22.1. The average Bonchev–Trinajstić information content (AvgIpc) is 3.44. The number of piperidine rings is 1. The van der Waals surface area contributed by atoms with Crippen LogP contribution in [-0.4, -0.2) is 61.6 Å². The molecule has 1 amide bonds. The smallest absolute Gasteiger partial charge is 0.253 e. The highest BCUT2D eigenvalue weighted by molar-refractivity contribution is 6.30. The van der Waals surface area contributed by atoms with E-state index in [2.05, 4.69) is 26.8 Å². The molecule has 6 nitrogen and oxygen atoms in total. The molecule has 0 saturated carbocycles. The number of rotatable bonds is 11. The fourth-order valence-electron chi connectivity index (χ4n) is 6.58. The van der Waals surface area contributed by atoms with Crippen LogP contribution in [0.1, 0.15) is 85.1 Å². The second-order valence-electron chi connectivity index (χ2n) is 12.5. The summed E-state index contributed by atoms with van der Waals surface area (Å²) in [6, 6.07) is 11.4.